The van der Waals surface area contributed by atoms with Gasteiger partial charge >= 0.3 is 0 Å². The number of halogens is 2. The van der Waals surface area contributed by atoms with Gasteiger partial charge in [0.1, 0.15) is 5.82 Å². The van der Waals surface area contributed by atoms with Gasteiger partial charge in [-0.15, -0.1) is 0 Å². The average molecular weight is 394 g/mol. The fraction of sp³-hybridized carbons (Fsp3) is 0.333. The van der Waals surface area contributed by atoms with Crippen LogP contribution in [0.3, 0.4) is 0 Å². The van der Waals surface area contributed by atoms with Crippen LogP contribution in [0.4, 0.5) is 5.69 Å². The Balaban J connectivity index is 2.34. The Labute approximate surface area is 136 Å². The lowest BCUT2D eigenvalue weighted by atomic mass is 10.4. The smallest absolute Gasteiger partial charge is 0.281 e. The minimum Gasteiger partial charge on any atom is -0.334 e. The van der Waals surface area contributed by atoms with Crippen molar-refractivity contribution in [3.05, 3.63) is 33.9 Å². The Hall–Kier alpha value is -1.12. The van der Waals surface area contributed by atoms with Crippen molar-refractivity contribution in [2.75, 3.05) is 4.72 Å². The molecule has 21 heavy (non-hydrogen) atoms. The molecule has 0 amide bonds. The third kappa shape index (κ3) is 3.75. The summed E-state index contributed by atoms with van der Waals surface area (Å²) in [4.78, 5) is 7.96. The first-order valence-electron chi connectivity index (χ1n) is 6.21. The highest BCUT2D eigenvalue weighted by Crippen LogP contribution is 2.25. The molecule has 0 atom stereocenters. The van der Waals surface area contributed by atoms with Crippen molar-refractivity contribution in [1.29, 1.82) is 0 Å². The molecule has 0 aliphatic rings. The molecule has 0 aliphatic carbocycles. The van der Waals surface area contributed by atoms with E-state index in [-0.39, 0.29) is 15.9 Å². The molecule has 0 spiro atoms. The summed E-state index contributed by atoms with van der Waals surface area (Å²) in [5, 5.41) is 0.0379. The predicted octanol–water partition coefficient (Wildman–Crippen LogP) is 3.21. The molecular formula is C12H14BrClN4O2S. The van der Waals surface area contributed by atoms with Crippen LogP contribution in [-0.2, 0) is 16.6 Å². The number of nitrogens with zero attached hydrogens (tertiary/aromatic N) is 3. The van der Waals surface area contributed by atoms with Crippen molar-refractivity contribution in [2.45, 2.75) is 31.8 Å². The van der Waals surface area contributed by atoms with Gasteiger partial charge in [0.25, 0.3) is 10.0 Å². The first kappa shape index (κ1) is 16.3. The highest BCUT2D eigenvalue weighted by molar-refractivity contribution is 9.10. The highest BCUT2D eigenvalue weighted by Gasteiger charge is 2.20. The van der Waals surface area contributed by atoms with Crippen LogP contribution < -0.4 is 4.72 Å². The monoisotopic (exact) mass is 392 g/mol. The number of aromatic nitrogens is 3. The summed E-state index contributed by atoms with van der Waals surface area (Å²) in [6.07, 6.45) is 3.90. The van der Waals surface area contributed by atoms with Gasteiger partial charge in [-0.1, -0.05) is 18.5 Å². The van der Waals surface area contributed by atoms with E-state index in [1.165, 1.54) is 12.4 Å². The Morgan fingerprint density at radius 2 is 2.19 bits per heavy atom. The number of hydrogen-bond acceptors (Lipinski definition) is 4. The zero-order valence-corrected chi connectivity index (χ0v) is 14.6. The number of imidazole rings is 1. The van der Waals surface area contributed by atoms with Crippen LogP contribution >= 0.6 is 27.5 Å². The van der Waals surface area contributed by atoms with E-state index in [4.69, 9.17) is 11.6 Å². The highest BCUT2D eigenvalue weighted by atomic mass is 79.9. The summed E-state index contributed by atoms with van der Waals surface area (Å²) in [5.74, 6) is 0.649. The maximum absolute atomic E-state index is 12.3. The summed E-state index contributed by atoms with van der Waals surface area (Å²) in [6, 6.07) is 1.54. The van der Waals surface area contributed by atoms with E-state index in [0.717, 1.165) is 6.42 Å². The quantitative estimate of drug-likeness (QED) is 0.791. The third-order valence-electron chi connectivity index (χ3n) is 2.74. The molecule has 1 N–H and O–H groups in total. The molecule has 2 heterocycles. The van der Waals surface area contributed by atoms with Gasteiger partial charge in [-0.05, 0) is 35.3 Å². The predicted molar refractivity (Wildman–Crippen MR) is 85.0 cm³/mol. The van der Waals surface area contributed by atoms with Crippen molar-refractivity contribution in [1.82, 2.24) is 14.5 Å². The second-order valence-electron chi connectivity index (χ2n) is 4.42. The molecule has 0 saturated heterocycles. The van der Waals surface area contributed by atoms with E-state index in [9.17, 15) is 8.42 Å². The summed E-state index contributed by atoms with van der Waals surface area (Å²) in [6.45, 7) is 4.49. The number of aryl methyl sites for hydroxylation is 2. The number of sulfonamides is 1. The van der Waals surface area contributed by atoms with Gasteiger partial charge in [-0.2, -0.15) is 8.42 Å². The topological polar surface area (TPSA) is 76.9 Å². The fourth-order valence-electron chi connectivity index (χ4n) is 1.77. The van der Waals surface area contributed by atoms with Gasteiger partial charge in [-0.3, -0.25) is 4.72 Å². The number of rotatable bonds is 5. The number of hydrogen-bond donors (Lipinski definition) is 1. The first-order chi connectivity index (χ1) is 9.83. The second-order valence-corrected chi connectivity index (χ2v) is 7.32. The van der Waals surface area contributed by atoms with Gasteiger partial charge < -0.3 is 4.57 Å². The van der Waals surface area contributed by atoms with E-state index in [1.54, 1.807) is 17.6 Å². The lowest BCUT2D eigenvalue weighted by Gasteiger charge is -2.07. The standard InChI is InChI=1S/C12H14BrClN4O2S/c1-3-4-18-7-11(16-8(18)2)21(19,20)17-10-5-9(13)6-15-12(10)14/h5-7,17H,3-4H2,1-2H3. The van der Waals surface area contributed by atoms with E-state index in [0.29, 0.717) is 16.8 Å². The normalized spacial score (nSPS) is 11.6. The van der Waals surface area contributed by atoms with Crippen molar-refractivity contribution >= 4 is 43.2 Å². The van der Waals surface area contributed by atoms with Gasteiger partial charge in [0.05, 0.1) is 5.69 Å². The average Bonchev–Trinajstić information content (AvgIpc) is 2.77. The molecule has 2 rings (SSSR count). The van der Waals surface area contributed by atoms with Crippen LogP contribution in [0.5, 0.6) is 0 Å². The fourth-order valence-corrected chi connectivity index (χ4v) is 3.37. The van der Waals surface area contributed by atoms with E-state index in [1.807, 2.05) is 6.92 Å². The maximum Gasteiger partial charge on any atom is 0.281 e. The van der Waals surface area contributed by atoms with Gasteiger partial charge in [0.2, 0.25) is 0 Å². The van der Waals surface area contributed by atoms with Crippen LogP contribution in [0.2, 0.25) is 5.15 Å². The Morgan fingerprint density at radius 1 is 1.48 bits per heavy atom. The molecule has 0 aliphatic heterocycles. The van der Waals surface area contributed by atoms with Crippen molar-refractivity contribution in [2.24, 2.45) is 0 Å². The summed E-state index contributed by atoms with van der Waals surface area (Å²) >= 11 is 9.11. The lowest BCUT2D eigenvalue weighted by Crippen LogP contribution is -2.14. The van der Waals surface area contributed by atoms with Crippen LogP contribution in [0.25, 0.3) is 0 Å². The molecule has 0 aromatic carbocycles. The summed E-state index contributed by atoms with van der Waals surface area (Å²) in [7, 11) is -3.80. The third-order valence-corrected chi connectivity index (χ3v) is 4.71. The molecule has 0 unspecified atom stereocenters. The lowest BCUT2D eigenvalue weighted by molar-refractivity contribution is 0.597. The maximum atomic E-state index is 12.3. The van der Waals surface area contributed by atoms with Crippen LogP contribution in [0.1, 0.15) is 19.2 Å². The molecular weight excluding hydrogens is 380 g/mol. The molecule has 0 fully saturated rings. The van der Waals surface area contributed by atoms with Gasteiger partial charge in [-0.25, -0.2) is 9.97 Å². The van der Waals surface area contributed by atoms with E-state index in [2.05, 4.69) is 30.6 Å². The first-order valence-corrected chi connectivity index (χ1v) is 8.86. The van der Waals surface area contributed by atoms with Crippen molar-refractivity contribution in [3.8, 4) is 0 Å². The zero-order chi connectivity index (χ0) is 15.6. The molecule has 2 aromatic rings. The Kier molecular flexibility index (Phi) is 4.90. The number of nitrogens with one attached hydrogen (secondary N) is 1. The zero-order valence-electron chi connectivity index (χ0n) is 11.5. The molecule has 9 heteroatoms. The minimum absolute atomic E-state index is 0.0375. The summed E-state index contributed by atoms with van der Waals surface area (Å²) < 4.78 is 29.5. The number of anilines is 1. The van der Waals surface area contributed by atoms with E-state index >= 15 is 0 Å². The Morgan fingerprint density at radius 3 is 2.86 bits per heavy atom. The molecule has 0 radical (unpaired) electrons. The van der Waals surface area contributed by atoms with Gasteiger partial charge in [0.15, 0.2) is 10.2 Å². The SMILES string of the molecule is CCCn1cc(S(=O)(=O)Nc2cc(Br)cnc2Cl)nc1C. The van der Waals surface area contributed by atoms with Crippen LogP contribution in [-0.4, -0.2) is 23.0 Å². The van der Waals surface area contributed by atoms with Crippen molar-refractivity contribution < 1.29 is 8.42 Å². The van der Waals surface area contributed by atoms with Crippen LogP contribution in [0.15, 0.2) is 28.0 Å². The van der Waals surface area contributed by atoms with E-state index < -0.39 is 10.0 Å². The molecule has 6 nitrogen and oxygen atoms in total. The van der Waals surface area contributed by atoms with Gasteiger partial charge in [0, 0.05) is 23.4 Å². The summed E-state index contributed by atoms with van der Waals surface area (Å²) in [5.41, 5.74) is 0.203. The minimum atomic E-state index is -3.80. The van der Waals surface area contributed by atoms with Crippen LogP contribution in [0, 0.1) is 6.92 Å². The Bertz CT molecular complexity index is 761. The molecule has 2 aromatic heterocycles. The van der Waals surface area contributed by atoms with Crippen molar-refractivity contribution in [3.63, 3.8) is 0 Å². The molecule has 0 bridgehead atoms. The number of pyridine rings is 1. The molecule has 114 valence electrons. The second kappa shape index (κ2) is 6.33. The molecule has 0 saturated carbocycles. The largest absolute Gasteiger partial charge is 0.334 e.